The van der Waals surface area contributed by atoms with Crippen LogP contribution in [0.25, 0.3) is 0 Å². The molecule has 0 radical (unpaired) electrons. The van der Waals surface area contributed by atoms with E-state index in [9.17, 15) is 0 Å². The zero-order chi connectivity index (χ0) is 14.5. The molecule has 102 valence electrons. The lowest BCUT2D eigenvalue weighted by atomic mass is 10.1. The smallest absolute Gasteiger partial charge is 0.121 e. The molecule has 2 aromatic carbocycles. The van der Waals surface area contributed by atoms with E-state index in [0.717, 1.165) is 22.6 Å². The zero-order valence-electron chi connectivity index (χ0n) is 12.0. The standard InChI is InChI=1S/C17H18N2O/c1-12-9-16(7-8-17(12)20-3)19-13(2)15-6-4-5-14(10-15)11-18/h4-10,13,19H,1-3H3. The number of hydrogen-bond donors (Lipinski definition) is 1. The van der Waals surface area contributed by atoms with E-state index in [1.54, 1.807) is 7.11 Å². The van der Waals surface area contributed by atoms with Crippen molar-refractivity contribution in [1.29, 1.82) is 5.26 Å². The quantitative estimate of drug-likeness (QED) is 0.908. The first-order valence-electron chi connectivity index (χ1n) is 6.55. The molecule has 2 rings (SSSR count). The fourth-order valence-corrected chi connectivity index (χ4v) is 2.18. The van der Waals surface area contributed by atoms with Crippen molar-refractivity contribution in [3.05, 3.63) is 59.2 Å². The Bertz CT molecular complexity index is 644. The maximum absolute atomic E-state index is 8.94. The van der Waals surface area contributed by atoms with Crippen LogP contribution in [0.1, 0.15) is 29.7 Å². The Morgan fingerprint density at radius 2 is 2.00 bits per heavy atom. The molecule has 0 amide bonds. The van der Waals surface area contributed by atoms with Crippen LogP contribution in [0.5, 0.6) is 5.75 Å². The second-order valence-corrected chi connectivity index (χ2v) is 4.79. The number of nitriles is 1. The lowest BCUT2D eigenvalue weighted by molar-refractivity contribution is 0.412. The number of rotatable bonds is 4. The number of nitrogens with zero attached hydrogens (tertiary/aromatic N) is 1. The molecule has 1 unspecified atom stereocenters. The van der Waals surface area contributed by atoms with Crippen molar-refractivity contribution in [2.45, 2.75) is 19.9 Å². The number of nitrogens with one attached hydrogen (secondary N) is 1. The Morgan fingerprint density at radius 1 is 1.20 bits per heavy atom. The Hall–Kier alpha value is -2.47. The number of ether oxygens (including phenoxy) is 1. The SMILES string of the molecule is COc1ccc(NC(C)c2cccc(C#N)c2)cc1C. The van der Waals surface area contributed by atoms with Gasteiger partial charge in [-0.05, 0) is 55.3 Å². The van der Waals surface area contributed by atoms with Crippen molar-refractivity contribution in [2.75, 3.05) is 12.4 Å². The first-order valence-corrected chi connectivity index (χ1v) is 6.55. The van der Waals surface area contributed by atoms with Gasteiger partial charge in [-0.2, -0.15) is 5.26 Å². The molecule has 1 atom stereocenters. The highest BCUT2D eigenvalue weighted by molar-refractivity contribution is 5.52. The zero-order valence-corrected chi connectivity index (χ0v) is 12.0. The van der Waals surface area contributed by atoms with Gasteiger partial charge in [0, 0.05) is 11.7 Å². The van der Waals surface area contributed by atoms with E-state index in [1.165, 1.54) is 0 Å². The van der Waals surface area contributed by atoms with Gasteiger partial charge < -0.3 is 10.1 Å². The van der Waals surface area contributed by atoms with Crippen molar-refractivity contribution in [2.24, 2.45) is 0 Å². The van der Waals surface area contributed by atoms with E-state index < -0.39 is 0 Å². The van der Waals surface area contributed by atoms with Crippen molar-refractivity contribution in [3.8, 4) is 11.8 Å². The van der Waals surface area contributed by atoms with Gasteiger partial charge in [0.15, 0.2) is 0 Å². The Balaban J connectivity index is 2.17. The predicted octanol–water partition coefficient (Wildman–Crippen LogP) is 4.05. The monoisotopic (exact) mass is 266 g/mol. The van der Waals surface area contributed by atoms with Crippen molar-refractivity contribution in [1.82, 2.24) is 0 Å². The summed E-state index contributed by atoms with van der Waals surface area (Å²) in [4.78, 5) is 0. The van der Waals surface area contributed by atoms with Gasteiger partial charge in [-0.25, -0.2) is 0 Å². The van der Waals surface area contributed by atoms with Crippen LogP contribution in [-0.4, -0.2) is 7.11 Å². The molecule has 0 fully saturated rings. The summed E-state index contributed by atoms with van der Waals surface area (Å²) in [5.41, 5.74) is 3.91. The minimum Gasteiger partial charge on any atom is -0.496 e. The molecule has 0 heterocycles. The second-order valence-electron chi connectivity index (χ2n) is 4.79. The molecule has 3 heteroatoms. The van der Waals surface area contributed by atoms with Crippen LogP contribution >= 0.6 is 0 Å². The summed E-state index contributed by atoms with van der Waals surface area (Å²) in [6.07, 6.45) is 0. The lowest BCUT2D eigenvalue weighted by Gasteiger charge is -2.17. The number of anilines is 1. The van der Waals surface area contributed by atoms with E-state index in [4.69, 9.17) is 10.00 Å². The highest BCUT2D eigenvalue weighted by Gasteiger charge is 2.07. The number of aryl methyl sites for hydroxylation is 1. The van der Waals surface area contributed by atoms with Crippen LogP contribution in [0.3, 0.4) is 0 Å². The third-order valence-electron chi connectivity index (χ3n) is 3.29. The highest BCUT2D eigenvalue weighted by Crippen LogP contribution is 2.25. The molecule has 2 aromatic rings. The first-order chi connectivity index (χ1) is 9.63. The molecule has 0 saturated carbocycles. The number of hydrogen-bond acceptors (Lipinski definition) is 3. The molecule has 20 heavy (non-hydrogen) atoms. The van der Waals surface area contributed by atoms with Gasteiger partial charge in [-0.1, -0.05) is 12.1 Å². The minimum atomic E-state index is 0.135. The van der Waals surface area contributed by atoms with Gasteiger partial charge in [0.25, 0.3) is 0 Å². The van der Waals surface area contributed by atoms with Crippen LogP contribution in [0, 0.1) is 18.3 Å². The molecule has 0 spiro atoms. The third-order valence-corrected chi connectivity index (χ3v) is 3.29. The predicted molar refractivity (Wildman–Crippen MR) is 80.9 cm³/mol. The van der Waals surface area contributed by atoms with E-state index in [1.807, 2.05) is 43.3 Å². The molecular formula is C17H18N2O. The van der Waals surface area contributed by atoms with Crippen molar-refractivity contribution < 1.29 is 4.74 Å². The summed E-state index contributed by atoms with van der Waals surface area (Å²) in [5, 5.41) is 12.4. The maximum Gasteiger partial charge on any atom is 0.121 e. The van der Waals surface area contributed by atoms with E-state index >= 15 is 0 Å². The van der Waals surface area contributed by atoms with Gasteiger partial charge >= 0.3 is 0 Å². The third kappa shape index (κ3) is 3.10. The summed E-state index contributed by atoms with van der Waals surface area (Å²) in [6.45, 7) is 4.10. The fourth-order valence-electron chi connectivity index (χ4n) is 2.18. The number of methoxy groups -OCH3 is 1. The minimum absolute atomic E-state index is 0.135. The lowest BCUT2D eigenvalue weighted by Crippen LogP contribution is -2.07. The highest BCUT2D eigenvalue weighted by atomic mass is 16.5. The summed E-state index contributed by atoms with van der Waals surface area (Å²) in [6, 6.07) is 16.0. The summed E-state index contributed by atoms with van der Waals surface area (Å²) < 4.78 is 5.26. The van der Waals surface area contributed by atoms with Crippen LogP contribution in [-0.2, 0) is 0 Å². The Kier molecular flexibility index (Phi) is 4.27. The molecule has 0 aliphatic carbocycles. The summed E-state index contributed by atoms with van der Waals surface area (Å²) >= 11 is 0. The molecule has 0 aliphatic rings. The molecule has 0 bridgehead atoms. The normalized spacial score (nSPS) is 11.5. The van der Waals surface area contributed by atoms with Gasteiger partial charge in [0.1, 0.15) is 5.75 Å². The molecule has 1 N–H and O–H groups in total. The van der Waals surface area contributed by atoms with E-state index in [-0.39, 0.29) is 6.04 Å². The van der Waals surface area contributed by atoms with E-state index in [2.05, 4.69) is 24.4 Å². The maximum atomic E-state index is 8.94. The van der Waals surface area contributed by atoms with Gasteiger partial charge in [0.2, 0.25) is 0 Å². The first kappa shape index (κ1) is 14.0. The van der Waals surface area contributed by atoms with E-state index in [0.29, 0.717) is 5.56 Å². The summed E-state index contributed by atoms with van der Waals surface area (Å²) in [5.74, 6) is 0.884. The molecular weight excluding hydrogens is 248 g/mol. The number of benzene rings is 2. The Labute approximate surface area is 119 Å². The Morgan fingerprint density at radius 3 is 2.65 bits per heavy atom. The fraction of sp³-hybridized carbons (Fsp3) is 0.235. The second kappa shape index (κ2) is 6.12. The van der Waals surface area contributed by atoms with Crippen molar-refractivity contribution >= 4 is 5.69 Å². The molecule has 0 saturated heterocycles. The topological polar surface area (TPSA) is 45.0 Å². The average molecular weight is 266 g/mol. The van der Waals surface area contributed by atoms with Crippen LogP contribution < -0.4 is 10.1 Å². The van der Waals surface area contributed by atoms with Crippen LogP contribution in [0.15, 0.2) is 42.5 Å². The average Bonchev–Trinajstić information content (AvgIpc) is 2.47. The largest absolute Gasteiger partial charge is 0.496 e. The van der Waals surface area contributed by atoms with Crippen LogP contribution in [0.4, 0.5) is 5.69 Å². The van der Waals surface area contributed by atoms with Gasteiger partial charge in [-0.15, -0.1) is 0 Å². The molecule has 0 aromatic heterocycles. The molecule has 0 aliphatic heterocycles. The van der Waals surface area contributed by atoms with Gasteiger partial charge in [0.05, 0.1) is 18.7 Å². The van der Waals surface area contributed by atoms with Gasteiger partial charge in [-0.3, -0.25) is 0 Å². The van der Waals surface area contributed by atoms with Crippen molar-refractivity contribution in [3.63, 3.8) is 0 Å². The molecule has 3 nitrogen and oxygen atoms in total. The van der Waals surface area contributed by atoms with Crippen LogP contribution in [0.2, 0.25) is 0 Å². The summed E-state index contributed by atoms with van der Waals surface area (Å²) in [7, 11) is 1.67.